The summed E-state index contributed by atoms with van der Waals surface area (Å²) in [4.78, 5) is 0. The lowest BCUT2D eigenvalue weighted by Gasteiger charge is -1.97. The topological polar surface area (TPSA) is 35.9 Å². The van der Waals surface area contributed by atoms with E-state index in [0.717, 1.165) is 10.2 Å². The van der Waals surface area contributed by atoms with Gasteiger partial charge in [-0.25, -0.2) is 0 Å². The second-order valence-corrected chi connectivity index (χ2v) is 2.77. The lowest BCUT2D eigenvalue weighted by atomic mass is 10.3. The van der Waals surface area contributed by atoms with Crippen LogP contribution in [0, 0.1) is 5.41 Å². The van der Waals surface area contributed by atoms with Gasteiger partial charge in [0.15, 0.2) is 0 Å². The van der Waals surface area contributed by atoms with Gasteiger partial charge >= 0.3 is 0 Å². The van der Waals surface area contributed by atoms with Crippen LogP contribution in [0.3, 0.4) is 0 Å². The first-order chi connectivity index (χ1) is 5.83. The van der Waals surface area contributed by atoms with Gasteiger partial charge in [0.2, 0.25) is 0 Å². The highest BCUT2D eigenvalue weighted by atomic mass is 79.9. The van der Waals surface area contributed by atoms with Gasteiger partial charge in [0.25, 0.3) is 0 Å². The van der Waals surface area contributed by atoms with E-state index in [0.29, 0.717) is 0 Å². The molecule has 1 aromatic rings. The summed E-state index contributed by atoms with van der Waals surface area (Å²) in [7, 11) is 0. The Bertz CT molecular complexity index is 231. The second-order valence-electron chi connectivity index (χ2n) is 1.86. The van der Waals surface area contributed by atoms with Crippen LogP contribution in [0.1, 0.15) is 0 Å². The third-order valence-corrected chi connectivity index (χ3v) is 1.64. The summed E-state index contributed by atoms with van der Waals surface area (Å²) >= 11 is 3.34. The fraction of sp³-hybridized carbons (Fsp3) is 0. The molecule has 0 aliphatic rings. The molecule has 0 spiro atoms. The number of rotatable bonds is 2. The standard InChI is InChI=1S/C8H8BrN.CH3N/c1-2-10-8-5-3-7(9)4-6-8;1-2/h2-6,10H,1H2;2H,1H2. The predicted molar refractivity (Wildman–Crippen MR) is 57.8 cm³/mol. The molecular formula is C9H11BrN2. The van der Waals surface area contributed by atoms with Crippen LogP contribution in [-0.4, -0.2) is 6.72 Å². The first-order valence-electron chi connectivity index (χ1n) is 3.31. The van der Waals surface area contributed by atoms with Crippen molar-refractivity contribution in [2.45, 2.75) is 0 Å². The van der Waals surface area contributed by atoms with Crippen LogP contribution in [0.4, 0.5) is 5.69 Å². The molecule has 0 fully saturated rings. The lowest BCUT2D eigenvalue weighted by molar-refractivity contribution is 1.57. The molecule has 0 radical (unpaired) electrons. The normalized spacial score (nSPS) is 7.75. The maximum Gasteiger partial charge on any atom is 0.0380 e. The molecular weight excluding hydrogens is 216 g/mol. The van der Waals surface area contributed by atoms with Gasteiger partial charge in [-0.15, -0.1) is 0 Å². The Balaban J connectivity index is 0.000000561. The van der Waals surface area contributed by atoms with Gasteiger partial charge in [-0.1, -0.05) is 22.5 Å². The van der Waals surface area contributed by atoms with Gasteiger partial charge in [-0.2, -0.15) is 0 Å². The van der Waals surface area contributed by atoms with Gasteiger partial charge in [0, 0.05) is 10.2 Å². The molecule has 0 saturated carbocycles. The van der Waals surface area contributed by atoms with Gasteiger partial charge < -0.3 is 10.7 Å². The van der Waals surface area contributed by atoms with E-state index in [1.54, 1.807) is 6.20 Å². The molecule has 0 unspecified atom stereocenters. The van der Waals surface area contributed by atoms with E-state index in [2.05, 4.69) is 34.5 Å². The molecule has 2 N–H and O–H groups in total. The van der Waals surface area contributed by atoms with Crippen molar-refractivity contribution in [2.24, 2.45) is 0 Å². The summed E-state index contributed by atoms with van der Waals surface area (Å²) in [5, 5.41) is 8.48. The molecule has 0 saturated heterocycles. The Morgan fingerprint density at radius 3 is 2.17 bits per heavy atom. The van der Waals surface area contributed by atoms with Crippen molar-refractivity contribution in [1.82, 2.24) is 0 Å². The molecule has 2 nitrogen and oxygen atoms in total. The number of halogens is 1. The summed E-state index contributed by atoms with van der Waals surface area (Å²) in [6.07, 6.45) is 1.66. The molecule has 12 heavy (non-hydrogen) atoms. The monoisotopic (exact) mass is 226 g/mol. The Morgan fingerprint density at radius 1 is 1.25 bits per heavy atom. The Morgan fingerprint density at radius 2 is 1.75 bits per heavy atom. The second kappa shape index (κ2) is 6.61. The SMILES string of the molecule is C=CNc1ccc(Br)cc1.C=N. The summed E-state index contributed by atoms with van der Waals surface area (Å²) in [6, 6.07) is 7.91. The molecule has 0 aliphatic heterocycles. The van der Waals surface area contributed by atoms with E-state index >= 15 is 0 Å². The average molecular weight is 227 g/mol. The molecule has 1 aromatic carbocycles. The summed E-state index contributed by atoms with van der Waals surface area (Å²) in [5.41, 5.74) is 1.05. The van der Waals surface area contributed by atoms with Crippen LogP contribution in [0.2, 0.25) is 0 Å². The van der Waals surface area contributed by atoms with E-state index < -0.39 is 0 Å². The van der Waals surface area contributed by atoms with Gasteiger partial charge in [-0.05, 0) is 37.2 Å². The van der Waals surface area contributed by atoms with E-state index in [4.69, 9.17) is 5.41 Å². The average Bonchev–Trinajstić information content (AvgIpc) is 2.13. The Labute approximate surface area is 80.9 Å². The molecule has 0 bridgehead atoms. The minimum absolute atomic E-state index is 1.05. The quantitative estimate of drug-likeness (QED) is 0.747. The first-order valence-corrected chi connectivity index (χ1v) is 4.10. The van der Waals surface area contributed by atoms with Crippen LogP contribution in [0.15, 0.2) is 41.5 Å². The molecule has 3 heteroatoms. The number of hydrogen-bond donors (Lipinski definition) is 2. The number of benzene rings is 1. The summed E-state index contributed by atoms with van der Waals surface area (Å²) in [6.45, 7) is 6.06. The van der Waals surface area contributed by atoms with Crippen molar-refractivity contribution in [1.29, 1.82) is 5.41 Å². The van der Waals surface area contributed by atoms with Crippen molar-refractivity contribution >= 4 is 28.3 Å². The highest BCUT2D eigenvalue weighted by molar-refractivity contribution is 9.10. The maximum absolute atomic E-state index is 5.50. The summed E-state index contributed by atoms with van der Waals surface area (Å²) < 4.78 is 1.09. The molecule has 0 atom stereocenters. The highest BCUT2D eigenvalue weighted by Crippen LogP contribution is 2.13. The fourth-order valence-electron chi connectivity index (χ4n) is 0.664. The van der Waals surface area contributed by atoms with Crippen molar-refractivity contribution in [2.75, 3.05) is 5.32 Å². The van der Waals surface area contributed by atoms with E-state index in [1.165, 1.54) is 0 Å². The van der Waals surface area contributed by atoms with Gasteiger partial charge in [-0.3, -0.25) is 0 Å². The third kappa shape index (κ3) is 3.93. The molecule has 0 aliphatic carbocycles. The van der Waals surface area contributed by atoms with Crippen LogP contribution >= 0.6 is 15.9 Å². The Hall–Kier alpha value is -1.09. The number of hydrogen-bond acceptors (Lipinski definition) is 2. The molecule has 64 valence electrons. The molecule has 0 heterocycles. The van der Waals surface area contributed by atoms with Crippen LogP contribution in [-0.2, 0) is 0 Å². The summed E-state index contributed by atoms with van der Waals surface area (Å²) in [5.74, 6) is 0. The predicted octanol–water partition coefficient (Wildman–Crippen LogP) is 3.27. The number of anilines is 1. The van der Waals surface area contributed by atoms with E-state index in [9.17, 15) is 0 Å². The minimum Gasteiger partial charge on any atom is -0.362 e. The van der Waals surface area contributed by atoms with E-state index in [1.807, 2.05) is 24.3 Å². The zero-order valence-corrected chi connectivity index (χ0v) is 8.26. The van der Waals surface area contributed by atoms with Crippen molar-refractivity contribution in [3.63, 3.8) is 0 Å². The first kappa shape index (κ1) is 10.9. The lowest BCUT2D eigenvalue weighted by Crippen LogP contribution is -1.83. The van der Waals surface area contributed by atoms with Crippen LogP contribution in [0.25, 0.3) is 0 Å². The molecule has 1 rings (SSSR count). The van der Waals surface area contributed by atoms with Crippen molar-refractivity contribution < 1.29 is 0 Å². The zero-order valence-electron chi connectivity index (χ0n) is 6.68. The third-order valence-electron chi connectivity index (χ3n) is 1.11. The minimum atomic E-state index is 1.05. The van der Waals surface area contributed by atoms with Gasteiger partial charge in [0.05, 0.1) is 0 Å². The largest absolute Gasteiger partial charge is 0.362 e. The van der Waals surface area contributed by atoms with Crippen LogP contribution < -0.4 is 5.32 Å². The zero-order chi connectivity index (χ0) is 9.40. The molecule has 0 aromatic heterocycles. The van der Waals surface area contributed by atoms with Crippen LogP contribution in [0.5, 0.6) is 0 Å². The highest BCUT2D eigenvalue weighted by Gasteiger charge is 1.86. The van der Waals surface area contributed by atoms with Gasteiger partial charge in [0.1, 0.15) is 0 Å². The molecule has 0 amide bonds. The fourth-order valence-corrected chi connectivity index (χ4v) is 0.928. The van der Waals surface area contributed by atoms with E-state index in [-0.39, 0.29) is 0 Å². The smallest absolute Gasteiger partial charge is 0.0380 e. The number of nitrogens with one attached hydrogen (secondary N) is 2. The van der Waals surface area contributed by atoms with Crippen molar-refractivity contribution in [3.8, 4) is 0 Å². The maximum atomic E-state index is 5.50. The van der Waals surface area contributed by atoms with Crippen molar-refractivity contribution in [3.05, 3.63) is 41.5 Å². The Kier molecular flexibility index (Phi) is 6.01.